The topological polar surface area (TPSA) is 86.8 Å². The van der Waals surface area contributed by atoms with E-state index in [4.69, 9.17) is 0 Å². The molecule has 0 bridgehead atoms. The Labute approximate surface area is 195 Å². The first-order valence-electron chi connectivity index (χ1n) is 11.1. The van der Waals surface area contributed by atoms with Crippen molar-refractivity contribution in [2.24, 2.45) is 0 Å². The zero-order valence-electron chi connectivity index (χ0n) is 19.0. The van der Waals surface area contributed by atoms with Gasteiger partial charge in [-0.1, -0.05) is 25.0 Å². The molecule has 2 heterocycles. The van der Waals surface area contributed by atoms with Crippen molar-refractivity contribution in [1.29, 1.82) is 0 Å². The SMILES string of the molecule is CC(C)(C)NC(=O)C1CSCN1C(=O)/C=C/c1ccc(S(=O)(=O)N2CCCCCC2)cc1. The van der Waals surface area contributed by atoms with Crippen LogP contribution in [0.1, 0.15) is 52.0 Å². The fourth-order valence-electron chi connectivity index (χ4n) is 3.78. The fraction of sp³-hybridized carbons (Fsp3) is 0.565. The van der Waals surface area contributed by atoms with Crippen LogP contribution in [0.3, 0.4) is 0 Å². The van der Waals surface area contributed by atoms with E-state index in [9.17, 15) is 18.0 Å². The van der Waals surface area contributed by atoms with Crippen LogP contribution in [0.15, 0.2) is 35.2 Å². The van der Waals surface area contributed by atoms with Gasteiger partial charge in [0.1, 0.15) is 6.04 Å². The molecule has 2 fully saturated rings. The predicted molar refractivity (Wildman–Crippen MR) is 129 cm³/mol. The quantitative estimate of drug-likeness (QED) is 0.656. The summed E-state index contributed by atoms with van der Waals surface area (Å²) in [6.45, 7) is 6.87. The van der Waals surface area contributed by atoms with E-state index in [1.807, 2.05) is 20.8 Å². The normalized spacial score (nSPS) is 21.0. The second kappa shape index (κ2) is 10.4. The molecule has 3 rings (SSSR count). The first-order valence-corrected chi connectivity index (χ1v) is 13.7. The lowest BCUT2D eigenvalue weighted by Gasteiger charge is -2.27. The Balaban J connectivity index is 1.65. The molecule has 0 aromatic heterocycles. The Hall–Kier alpha value is -1.84. The van der Waals surface area contributed by atoms with Gasteiger partial charge < -0.3 is 10.2 Å². The largest absolute Gasteiger partial charge is 0.350 e. The number of amides is 2. The van der Waals surface area contributed by atoms with Gasteiger partial charge in [0.2, 0.25) is 21.8 Å². The van der Waals surface area contributed by atoms with E-state index in [0.717, 1.165) is 31.2 Å². The fourth-order valence-corrected chi connectivity index (χ4v) is 6.46. The van der Waals surface area contributed by atoms with E-state index in [1.165, 1.54) is 6.08 Å². The minimum absolute atomic E-state index is 0.146. The lowest BCUT2D eigenvalue weighted by molar-refractivity contribution is -0.135. The van der Waals surface area contributed by atoms with E-state index in [1.54, 1.807) is 51.3 Å². The number of hydrogen-bond donors (Lipinski definition) is 1. The molecule has 1 N–H and O–H groups in total. The van der Waals surface area contributed by atoms with Gasteiger partial charge in [-0.15, -0.1) is 11.8 Å². The van der Waals surface area contributed by atoms with Crippen molar-refractivity contribution in [1.82, 2.24) is 14.5 Å². The standard InChI is InChI=1S/C23H33N3O4S2/c1-23(2,3)24-22(28)20-16-31-17-26(20)21(27)13-10-18-8-11-19(12-9-18)32(29,30)25-14-6-4-5-7-15-25/h8-13,20H,4-7,14-17H2,1-3H3,(H,24,28)/b13-10+. The Morgan fingerprint density at radius 2 is 1.69 bits per heavy atom. The molecule has 2 amide bonds. The summed E-state index contributed by atoms with van der Waals surface area (Å²) in [7, 11) is -3.49. The minimum Gasteiger partial charge on any atom is -0.350 e. The van der Waals surface area contributed by atoms with Gasteiger partial charge in [0.15, 0.2) is 0 Å². The van der Waals surface area contributed by atoms with Gasteiger partial charge in [-0.3, -0.25) is 9.59 Å². The maximum Gasteiger partial charge on any atom is 0.247 e. The number of hydrogen-bond acceptors (Lipinski definition) is 5. The van der Waals surface area contributed by atoms with Crippen molar-refractivity contribution in [3.63, 3.8) is 0 Å². The number of thioether (sulfide) groups is 1. The molecule has 1 unspecified atom stereocenters. The highest BCUT2D eigenvalue weighted by atomic mass is 32.2. The molecule has 2 aliphatic rings. The summed E-state index contributed by atoms with van der Waals surface area (Å²) < 4.78 is 27.4. The number of carbonyl (C=O) groups is 2. The van der Waals surface area contributed by atoms with Crippen molar-refractivity contribution in [3.05, 3.63) is 35.9 Å². The van der Waals surface area contributed by atoms with Crippen LogP contribution in [-0.4, -0.2) is 65.7 Å². The van der Waals surface area contributed by atoms with Gasteiger partial charge in [0, 0.05) is 30.5 Å². The van der Waals surface area contributed by atoms with Crippen LogP contribution < -0.4 is 5.32 Å². The summed E-state index contributed by atoms with van der Waals surface area (Å²) in [6.07, 6.45) is 7.03. The van der Waals surface area contributed by atoms with Crippen LogP contribution in [0.4, 0.5) is 0 Å². The summed E-state index contributed by atoms with van der Waals surface area (Å²) in [4.78, 5) is 27.1. The van der Waals surface area contributed by atoms with Gasteiger partial charge in [0.05, 0.1) is 10.8 Å². The molecule has 1 atom stereocenters. The van der Waals surface area contributed by atoms with Gasteiger partial charge in [-0.05, 0) is 57.4 Å². The molecule has 0 saturated carbocycles. The van der Waals surface area contributed by atoms with E-state index < -0.39 is 16.1 Å². The van der Waals surface area contributed by atoms with E-state index in [0.29, 0.717) is 24.7 Å². The molecule has 0 spiro atoms. The molecule has 9 heteroatoms. The average Bonchev–Trinajstić information content (AvgIpc) is 3.06. The average molecular weight is 480 g/mol. The number of benzene rings is 1. The predicted octanol–water partition coefficient (Wildman–Crippen LogP) is 3.08. The second-order valence-electron chi connectivity index (χ2n) is 9.28. The number of carbonyl (C=O) groups excluding carboxylic acids is 2. The third-order valence-electron chi connectivity index (χ3n) is 5.47. The van der Waals surface area contributed by atoms with Crippen LogP contribution in [0.2, 0.25) is 0 Å². The number of sulfonamides is 1. The number of rotatable bonds is 5. The Morgan fingerprint density at radius 3 is 2.28 bits per heavy atom. The van der Waals surface area contributed by atoms with Crippen LogP contribution in [-0.2, 0) is 19.6 Å². The highest BCUT2D eigenvalue weighted by molar-refractivity contribution is 7.99. The summed E-state index contributed by atoms with van der Waals surface area (Å²) in [5.41, 5.74) is 0.375. The minimum atomic E-state index is -3.49. The van der Waals surface area contributed by atoms with Crippen molar-refractivity contribution in [2.75, 3.05) is 24.7 Å². The Bertz CT molecular complexity index is 944. The van der Waals surface area contributed by atoms with Crippen LogP contribution in [0.25, 0.3) is 6.08 Å². The highest BCUT2D eigenvalue weighted by Gasteiger charge is 2.35. The molecule has 0 radical (unpaired) electrons. The molecule has 32 heavy (non-hydrogen) atoms. The maximum atomic E-state index is 12.9. The Morgan fingerprint density at radius 1 is 1.06 bits per heavy atom. The van der Waals surface area contributed by atoms with Gasteiger partial charge in [0.25, 0.3) is 0 Å². The molecule has 176 valence electrons. The van der Waals surface area contributed by atoms with Crippen LogP contribution in [0, 0.1) is 0 Å². The van der Waals surface area contributed by atoms with Crippen molar-refractivity contribution >= 4 is 39.7 Å². The second-order valence-corrected chi connectivity index (χ2v) is 12.2. The molecule has 2 aliphatic heterocycles. The molecule has 1 aromatic carbocycles. The molecular weight excluding hydrogens is 446 g/mol. The zero-order valence-corrected chi connectivity index (χ0v) is 20.7. The van der Waals surface area contributed by atoms with Gasteiger partial charge >= 0.3 is 0 Å². The molecule has 2 saturated heterocycles. The molecule has 0 aliphatic carbocycles. The Kier molecular flexibility index (Phi) is 8.06. The highest BCUT2D eigenvalue weighted by Crippen LogP contribution is 2.23. The summed E-state index contributed by atoms with van der Waals surface area (Å²) in [5.74, 6) is 0.667. The van der Waals surface area contributed by atoms with Crippen molar-refractivity contribution < 1.29 is 18.0 Å². The first kappa shape index (κ1) is 24.8. The maximum absolute atomic E-state index is 12.9. The van der Waals surface area contributed by atoms with Crippen LogP contribution >= 0.6 is 11.8 Å². The number of nitrogens with one attached hydrogen (secondary N) is 1. The smallest absolute Gasteiger partial charge is 0.247 e. The summed E-state index contributed by atoms with van der Waals surface area (Å²) >= 11 is 1.55. The van der Waals surface area contributed by atoms with E-state index in [-0.39, 0.29) is 22.2 Å². The van der Waals surface area contributed by atoms with Crippen molar-refractivity contribution in [2.45, 2.75) is 62.9 Å². The van der Waals surface area contributed by atoms with E-state index >= 15 is 0 Å². The third-order valence-corrected chi connectivity index (χ3v) is 8.39. The van der Waals surface area contributed by atoms with E-state index in [2.05, 4.69) is 5.32 Å². The van der Waals surface area contributed by atoms with Crippen LogP contribution in [0.5, 0.6) is 0 Å². The summed E-state index contributed by atoms with van der Waals surface area (Å²) in [5, 5.41) is 2.94. The molecule has 1 aromatic rings. The van der Waals surface area contributed by atoms with Gasteiger partial charge in [-0.25, -0.2) is 8.42 Å². The lowest BCUT2D eigenvalue weighted by atomic mass is 10.1. The molecular formula is C23H33N3O4S2. The lowest BCUT2D eigenvalue weighted by Crippen LogP contribution is -2.52. The summed E-state index contributed by atoms with van der Waals surface area (Å²) in [6, 6.07) is 6.11. The third kappa shape index (κ3) is 6.36. The molecule has 7 nitrogen and oxygen atoms in total. The van der Waals surface area contributed by atoms with Crippen molar-refractivity contribution in [3.8, 4) is 0 Å². The first-order chi connectivity index (χ1) is 15.1. The zero-order chi connectivity index (χ0) is 23.4. The number of nitrogens with zero attached hydrogens (tertiary/aromatic N) is 2. The monoisotopic (exact) mass is 479 g/mol. The van der Waals surface area contributed by atoms with Gasteiger partial charge in [-0.2, -0.15) is 4.31 Å².